The van der Waals surface area contributed by atoms with Gasteiger partial charge in [0, 0.05) is 24.7 Å². The molecule has 2 aromatic rings. The number of hydrogen-bond acceptors (Lipinski definition) is 6. The van der Waals surface area contributed by atoms with Crippen molar-refractivity contribution in [2.45, 2.75) is 32.7 Å². The standard InChI is InChI=1S/C20H27N3O3S.2ClH/c1-12-7-8-23(15(9-12)11-21)20(24)18-13(2)22-19(27-18)14-5-6-16(25-3)17(10-14)26-4;;/h5-6,10,12,15H,7-9,11,21H2,1-4H3;2*1H. The first kappa shape index (κ1) is 25.5. The second kappa shape index (κ2) is 11.0. The number of aryl methyl sites for hydroxylation is 1. The van der Waals surface area contributed by atoms with Crippen molar-refractivity contribution in [3.05, 3.63) is 28.8 Å². The van der Waals surface area contributed by atoms with Crippen LogP contribution in [0.1, 0.15) is 35.1 Å². The Morgan fingerprint density at radius 3 is 2.59 bits per heavy atom. The number of nitrogens with zero attached hydrogens (tertiary/aromatic N) is 2. The van der Waals surface area contributed by atoms with Gasteiger partial charge in [-0.05, 0) is 43.9 Å². The third-order valence-corrected chi connectivity index (χ3v) is 6.33. The van der Waals surface area contributed by atoms with Crippen LogP contribution in [0.15, 0.2) is 18.2 Å². The van der Waals surface area contributed by atoms with Crippen LogP contribution in [0, 0.1) is 12.8 Å². The maximum atomic E-state index is 13.2. The molecule has 162 valence electrons. The summed E-state index contributed by atoms with van der Waals surface area (Å²) in [6, 6.07) is 5.77. The van der Waals surface area contributed by atoms with Crippen LogP contribution in [0.3, 0.4) is 0 Å². The van der Waals surface area contributed by atoms with Crippen molar-refractivity contribution in [3.8, 4) is 22.1 Å². The van der Waals surface area contributed by atoms with E-state index >= 15 is 0 Å². The van der Waals surface area contributed by atoms with Gasteiger partial charge in [-0.25, -0.2) is 4.98 Å². The highest BCUT2D eigenvalue weighted by Crippen LogP contribution is 2.36. The molecule has 1 saturated heterocycles. The Labute approximate surface area is 188 Å². The SMILES string of the molecule is COc1ccc(-c2nc(C)c(C(=O)N3CCC(C)CC3CN)s2)cc1OC.Cl.Cl. The Morgan fingerprint density at radius 2 is 1.97 bits per heavy atom. The topological polar surface area (TPSA) is 77.7 Å². The second-order valence-corrected chi connectivity index (χ2v) is 8.02. The van der Waals surface area contributed by atoms with E-state index in [-0.39, 0.29) is 36.8 Å². The molecule has 0 aliphatic carbocycles. The Bertz CT molecular complexity index is 831. The maximum Gasteiger partial charge on any atom is 0.266 e. The van der Waals surface area contributed by atoms with Gasteiger partial charge >= 0.3 is 0 Å². The predicted octanol–water partition coefficient (Wildman–Crippen LogP) is 4.18. The summed E-state index contributed by atoms with van der Waals surface area (Å²) in [5, 5.41) is 0.798. The number of thiazole rings is 1. The van der Waals surface area contributed by atoms with E-state index in [4.69, 9.17) is 15.2 Å². The van der Waals surface area contributed by atoms with Crippen LogP contribution in [0.5, 0.6) is 11.5 Å². The van der Waals surface area contributed by atoms with Gasteiger partial charge in [0.25, 0.3) is 5.91 Å². The van der Waals surface area contributed by atoms with Gasteiger partial charge in [0.15, 0.2) is 11.5 Å². The highest BCUT2D eigenvalue weighted by atomic mass is 35.5. The number of methoxy groups -OCH3 is 2. The van der Waals surface area contributed by atoms with Gasteiger partial charge in [0.2, 0.25) is 0 Å². The largest absolute Gasteiger partial charge is 0.493 e. The summed E-state index contributed by atoms with van der Waals surface area (Å²) >= 11 is 1.42. The molecule has 1 aromatic carbocycles. The van der Waals surface area contributed by atoms with Gasteiger partial charge in [-0.15, -0.1) is 36.2 Å². The molecular formula is C20H29Cl2N3O3S. The quantitative estimate of drug-likeness (QED) is 0.722. The number of carbonyl (C=O) groups is 1. The van der Waals surface area contributed by atoms with Crippen molar-refractivity contribution in [2.24, 2.45) is 11.7 Å². The number of piperidine rings is 1. The van der Waals surface area contributed by atoms with E-state index < -0.39 is 0 Å². The molecule has 0 spiro atoms. The van der Waals surface area contributed by atoms with Crippen LogP contribution in [-0.2, 0) is 0 Å². The van der Waals surface area contributed by atoms with Gasteiger partial charge in [-0.2, -0.15) is 0 Å². The number of nitrogens with two attached hydrogens (primary N) is 1. The van der Waals surface area contributed by atoms with Crippen LogP contribution in [0.25, 0.3) is 10.6 Å². The van der Waals surface area contributed by atoms with Crippen LogP contribution >= 0.6 is 36.2 Å². The first-order chi connectivity index (χ1) is 13.0. The lowest BCUT2D eigenvalue weighted by Gasteiger charge is -2.37. The van der Waals surface area contributed by atoms with E-state index in [1.54, 1.807) is 14.2 Å². The molecule has 1 aromatic heterocycles. The number of benzene rings is 1. The van der Waals surface area contributed by atoms with E-state index in [2.05, 4.69) is 11.9 Å². The summed E-state index contributed by atoms with van der Waals surface area (Å²) in [7, 11) is 3.21. The average Bonchev–Trinajstić information content (AvgIpc) is 3.08. The minimum absolute atomic E-state index is 0. The monoisotopic (exact) mass is 461 g/mol. The minimum atomic E-state index is 0. The second-order valence-electron chi connectivity index (χ2n) is 7.02. The van der Waals surface area contributed by atoms with Crippen molar-refractivity contribution < 1.29 is 14.3 Å². The number of carbonyl (C=O) groups excluding carboxylic acids is 1. The lowest BCUT2D eigenvalue weighted by Crippen LogP contribution is -2.49. The third-order valence-electron chi connectivity index (χ3n) is 5.13. The summed E-state index contributed by atoms with van der Waals surface area (Å²) in [4.78, 5) is 20.4. The zero-order valence-electron chi connectivity index (χ0n) is 17.1. The Hall–Kier alpha value is -1.54. The Morgan fingerprint density at radius 1 is 1.28 bits per heavy atom. The molecule has 2 heterocycles. The van der Waals surface area contributed by atoms with Crippen LogP contribution in [0.4, 0.5) is 0 Å². The van der Waals surface area contributed by atoms with E-state index in [0.717, 1.165) is 35.7 Å². The number of halogens is 2. The van der Waals surface area contributed by atoms with Gasteiger partial charge in [-0.1, -0.05) is 6.92 Å². The van der Waals surface area contributed by atoms with E-state index in [1.165, 1.54) is 11.3 Å². The Kier molecular flexibility index (Phi) is 9.68. The molecule has 6 nitrogen and oxygen atoms in total. The summed E-state index contributed by atoms with van der Waals surface area (Å²) in [6.07, 6.45) is 1.98. The molecule has 2 atom stereocenters. The molecule has 9 heteroatoms. The number of ether oxygens (including phenoxy) is 2. The molecule has 1 amide bonds. The number of likely N-dealkylation sites (tertiary alicyclic amines) is 1. The smallest absolute Gasteiger partial charge is 0.266 e. The predicted molar refractivity (Wildman–Crippen MR) is 122 cm³/mol. The molecule has 1 aliphatic rings. The lowest BCUT2D eigenvalue weighted by atomic mass is 9.92. The van der Waals surface area contributed by atoms with Crippen molar-refractivity contribution in [2.75, 3.05) is 27.3 Å². The van der Waals surface area contributed by atoms with Gasteiger partial charge in [-0.3, -0.25) is 4.79 Å². The van der Waals surface area contributed by atoms with Crippen molar-refractivity contribution >= 4 is 42.1 Å². The van der Waals surface area contributed by atoms with Crippen LogP contribution in [-0.4, -0.2) is 49.1 Å². The highest BCUT2D eigenvalue weighted by Gasteiger charge is 2.31. The number of rotatable bonds is 5. The van der Waals surface area contributed by atoms with Crippen molar-refractivity contribution in [1.29, 1.82) is 0 Å². The van der Waals surface area contributed by atoms with Crippen molar-refractivity contribution in [3.63, 3.8) is 0 Å². The van der Waals surface area contributed by atoms with Crippen molar-refractivity contribution in [1.82, 2.24) is 9.88 Å². The highest BCUT2D eigenvalue weighted by molar-refractivity contribution is 7.17. The first-order valence-electron chi connectivity index (χ1n) is 9.19. The molecule has 29 heavy (non-hydrogen) atoms. The van der Waals surface area contributed by atoms with Gasteiger partial charge in [0.1, 0.15) is 9.88 Å². The molecular weight excluding hydrogens is 433 g/mol. The zero-order valence-corrected chi connectivity index (χ0v) is 19.6. The van der Waals surface area contributed by atoms with E-state index in [1.807, 2.05) is 30.0 Å². The lowest BCUT2D eigenvalue weighted by molar-refractivity contribution is 0.0577. The number of aromatic nitrogens is 1. The summed E-state index contributed by atoms with van der Waals surface area (Å²) in [5.74, 6) is 1.95. The Balaban J connectivity index is 0.00000210. The van der Waals surface area contributed by atoms with Crippen LogP contribution < -0.4 is 15.2 Å². The number of amides is 1. The first-order valence-corrected chi connectivity index (χ1v) is 10.0. The fraction of sp³-hybridized carbons (Fsp3) is 0.500. The van der Waals surface area contributed by atoms with Gasteiger partial charge < -0.3 is 20.1 Å². The summed E-state index contributed by atoms with van der Waals surface area (Å²) < 4.78 is 10.7. The van der Waals surface area contributed by atoms with E-state index in [9.17, 15) is 4.79 Å². The molecule has 1 fully saturated rings. The molecule has 3 rings (SSSR count). The fourth-order valence-corrected chi connectivity index (χ4v) is 4.58. The fourth-order valence-electron chi connectivity index (χ4n) is 3.56. The normalized spacial score (nSPS) is 18.4. The van der Waals surface area contributed by atoms with E-state index in [0.29, 0.717) is 28.8 Å². The average molecular weight is 462 g/mol. The summed E-state index contributed by atoms with van der Waals surface area (Å²) in [5.41, 5.74) is 7.59. The molecule has 0 saturated carbocycles. The molecule has 2 N–H and O–H groups in total. The molecule has 0 bridgehead atoms. The molecule has 0 radical (unpaired) electrons. The molecule has 2 unspecified atom stereocenters. The zero-order chi connectivity index (χ0) is 19.6. The maximum absolute atomic E-state index is 13.2. The minimum Gasteiger partial charge on any atom is -0.493 e. The van der Waals surface area contributed by atoms with Gasteiger partial charge in [0.05, 0.1) is 19.9 Å². The molecule has 1 aliphatic heterocycles. The number of hydrogen-bond donors (Lipinski definition) is 1. The third kappa shape index (κ3) is 5.34. The van der Waals surface area contributed by atoms with Crippen LogP contribution in [0.2, 0.25) is 0 Å². The summed E-state index contributed by atoms with van der Waals surface area (Å²) in [6.45, 7) is 5.36.